The molecule has 3 aromatic heterocycles. The van der Waals surface area contributed by atoms with E-state index in [1.165, 1.54) is 5.56 Å². The van der Waals surface area contributed by atoms with Crippen LogP contribution in [0.4, 0.5) is 0 Å². The summed E-state index contributed by atoms with van der Waals surface area (Å²) < 4.78 is 1.84. The minimum atomic E-state index is 0.716. The zero-order valence-electron chi connectivity index (χ0n) is 11.3. The fourth-order valence-electron chi connectivity index (χ4n) is 2.36. The number of hydrogen-bond acceptors (Lipinski definition) is 3. The molecule has 21 heavy (non-hydrogen) atoms. The zero-order valence-corrected chi connectivity index (χ0v) is 11.3. The van der Waals surface area contributed by atoms with E-state index in [0.29, 0.717) is 6.54 Å². The Balaban J connectivity index is 1.64. The van der Waals surface area contributed by atoms with Gasteiger partial charge in [0.25, 0.3) is 0 Å². The molecule has 0 aliphatic carbocycles. The lowest BCUT2D eigenvalue weighted by molar-refractivity contribution is 0.650. The Bertz CT molecular complexity index is 876. The fourth-order valence-corrected chi connectivity index (χ4v) is 2.36. The van der Waals surface area contributed by atoms with Gasteiger partial charge in [-0.15, -0.1) is 5.10 Å². The number of nitrogens with one attached hydrogen (secondary N) is 1. The van der Waals surface area contributed by atoms with Crippen LogP contribution < -0.4 is 0 Å². The number of hydrogen-bond donors (Lipinski definition) is 1. The Hall–Kier alpha value is -2.95. The van der Waals surface area contributed by atoms with E-state index in [1.807, 2.05) is 47.5 Å². The van der Waals surface area contributed by atoms with E-state index in [1.54, 1.807) is 0 Å². The molecular weight excluding hydrogens is 262 g/mol. The highest BCUT2D eigenvalue weighted by molar-refractivity contribution is 5.80. The molecular formula is C16H13N5. The molecule has 1 aromatic carbocycles. The first-order chi connectivity index (χ1) is 10.4. The topological polar surface area (TPSA) is 59.4 Å². The van der Waals surface area contributed by atoms with Gasteiger partial charge < -0.3 is 4.98 Å². The molecule has 0 atom stereocenters. The van der Waals surface area contributed by atoms with E-state index in [4.69, 9.17) is 0 Å². The van der Waals surface area contributed by atoms with Crippen molar-refractivity contribution in [2.24, 2.45) is 0 Å². The predicted octanol–water partition coefficient (Wildman–Crippen LogP) is 2.87. The van der Waals surface area contributed by atoms with E-state index in [2.05, 4.69) is 38.5 Å². The average molecular weight is 275 g/mol. The summed E-state index contributed by atoms with van der Waals surface area (Å²) in [5, 5.41) is 9.50. The molecule has 0 bridgehead atoms. The molecule has 1 N–H and O–H groups in total. The molecule has 0 amide bonds. The molecule has 5 heteroatoms. The molecule has 5 nitrogen and oxygen atoms in total. The number of H-pyrrole nitrogens is 1. The van der Waals surface area contributed by atoms with Crippen LogP contribution >= 0.6 is 0 Å². The number of aromatic amines is 1. The van der Waals surface area contributed by atoms with Crippen LogP contribution in [0.1, 0.15) is 5.56 Å². The summed E-state index contributed by atoms with van der Waals surface area (Å²) in [4.78, 5) is 7.46. The van der Waals surface area contributed by atoms with Gasteiger partial charge in [0.2, 0.25) is 0 Å². The van der Waals surface area contributed by atoms with E-state index in [9.17, 15) is 0 Å². The molecule has 4 aromatic rings. The third kappa shape index (κ3) is 2.29. The van der Waals surface area contributed by atoms with Crippen molar-refractivity contribution in [3.8, 4) is 11.3 Å². The van der Waals surface area contributed by atoms with Crippen molar-refractivity contribution >= 4 is 11.0 Å². The van der Waals surface area contributed by atoms with Crippen molar-refractivity contribution in [2.75, 3.05) is 0 Å². The van der Waals surface area contributed by atoms with Gasteiger partial charge in [-0.1, -0.05) is 35.5 Å². The quantitative estimate of drug-likeness (QED) is 0.625. The maximum absolute atomic E-state index is 4.38. The number of fused-ring (bicyclic) bond motifs is 1. The number of aromatic nitrogens is 5. The molecule has 102 valence electrons. The van der Waals surface area contributed by atoms with Crippen molar-refractivity contribution in [3.05, 3.63) is 66.6 Å². The highest BCUT2D eigenvalue weighted by atomic mass is 15.4. The van der Waals surface area contributed by atoms with Crippen molar-refractivity contribution in [3.63, 3.8) is 0 Å². The molecule has 0 fully saturated rings. The van der Waals surface area contributed by atoms with Gasteiger partial charge in [0.05, 0.1) is 12.7 Å². The average Bonchev–Trinajstić information content (AvgIpc) is 3.16. The van der Waals surface area contributed by atoms with Crippen molar-refractivity contribution in [1.29, 1.82) is 0 Å². The predicted molar refractivity (Wildman–Crippen MR) is 80.7 cm³/mol. The molecule has 0 unspecified atom stereocenters. The van der Waals surface area contributed by atoms with Crippen LogP contribution in [0.2, 0.25) is 0 Å². The molecule has 0 saturated carbocycles. The van der Waals surface area contributed by atoms with Gasteiger partial charge in [-0.3, -0.25) is 0 Å². The summed E-state index contributed by atoms with van der Waals surface area (Å²) in [7, 11) is 0. The fraction of sp³-hybridized carbons (Fsp3) is 0.0625. The largest absolute Gasteiger partial charge is 0.346 e. The normalized spacial score (nSPS) is 11.0. The Kier molecular flexibility index (Phi) is 2.74. The Labute approximate surface area is 121 Å². The summed E-state index contributed by atoms with van der Waals surface area (Å²) in [6.07, 6.45) is 5.64. The number of pyridine rings is 1. The summed E-state index contributed by atoms with van der Waals surface area (Å²) in [5.41, 5.74) is 3.89. The molecule has 4 rings (SSSR count). The number of rotatable bonds is 3. The third-order valence-electron chi connectivity index (χ3n) is 3.42. The van der Waals surface area contributed by atoms with E-state index < -0.39 is 0 Å². The third-order valence-corrected chi connectivity index (χ3v) is 3.42. The summed E-state index contributed by atoms with van der Waals surface area (Å²) in [5.74, 6) is 0. The Morgan fingerprint density at radius 3 is 2.90 bits per heavy atom. The van der Waals surface area contributed by atoms with Gasteiger partial charge in [-0.25, -0.2) is 9.67 Å². The minimum Gasteiger partial charge on any atom is -0.346 e. The second-order valence-electron chi connectivity index (χ2n) is 4.93. The lowest BCUT2D eigenvalue weighted by Gasteiger charge is -1.99. The van der Waals surface area contributed by atoms with Crippen LogP contribution in [0.3, 0.4) is 0 Å². The highest BCUT2D eigenvalue weighted by Crippen LogP contribution is 2.20. The van der Waals surface area contributed by atoms with Crippen LogP contribution in [0, 0.1) is 0 Å². The first-order valence-corrected chi connectivity index (χ1v) is 6.76. The van der Waals surface area contributed by atoms with Gasteiger partial charge in [0, 0.05) is 23.3 Å². The van der Waals surface area contributed by atoms with Gasteiger partial charge >= 0.3 is 0 Å². The monoisotopic (exact) mass is 275 g/mol. The molecule has 0 aliphatic heterocycles. The second kappa shape index (κ2) is 4.86. The van der Waals surface area contributed by atoms with Crippen LogP contribution in [-0.2, 0) is 6.54 Å². The lowest BCUT2D eigenvalue weighted by atomic mass is 10.2. The van der Waals surface area contributed by atoms with Gasteiger partial charge in [-0.05, 0) is 17.7 Å². The molecule has 0 radical (unpaired) electrons. The van der Waals surface area contributed by atoms with Crippen LogP contribution in [-0.4, -0.2) is 25.0 Å². The minimum absolute atomic E-state index is 0.716. The Morgan fingerprint density at radius 1 is 1.10 bits per heavy atom. The van der Waals surface area contributed by atoms with E-state index in [0.717, 1.165) is 22.3 Å². The van der Waals surface area contributed by atoms with E-state index >= 15 is 0 Å². The maximum atomic E-state index is 4.38. The maximum Gasteiger partial charge on any atom is 0.137 e. The Morgan fingerprint density at radius 2 is 2.00 bits per heavy atom. The zero-order chi connectivity index (χ0) is 14.1. The molecule has 0 spiro atoms. The van der Waals surface area contributed by atoms with Gasteiger partial charge in [0.15, 0.2) is 0 Å². The van der Waals surface area contributed by atoms with Crippen molar-refractivity contribution < 1.29 is 0 Å². The number of benzene rings is 1. The SMILES string of the molecule is c1ccc(Cn2cc(-c3cnc4[nH]ccc4c3)nn2)cc1. The summed E-state index contributed by atoms with van der Waals surface area (Å²) >= 11 is 0. The summed E-state index contributed by atoms with van der Waals surface area (Å²) in [6.45, 7) is 0.716. The molecule has 3 heterocycles. The van der Waals surface area contributed by atoms with E-state index in [-0.39, 0.29) is 0 Å². The molecule has 0 aliphatic rings. The first kappa shape index (κ1) is 11.8. The van der Waals surface area contributed by atoms with Gasteiger partial charge in [0.1, 0.15) is 11.3 Å². The number of nitrogens with zero attached hydrogens (tertiary/aromatic N) is 4. The first-order valence-electron chi connectivity index (χ1n) is 6.76. The van der Waals surface area contributed by atoms with Crippen LogP contribution in [0.5, 0.6) is 0 Å². The highest BCUT2D eigenvalue weighted by Gasteiger charge is 2.06. The van der Waals surface area contributed by atoms with Crippen molar-refractivity contribution in [2.45, 2.75) is 6.54 Å². The summed E-state index contributed by atoms with van der Waals surface area (Å²) in [6, 6.07) is 14.3. The second-order valence-corrected chi connectivity index (χ2v) is 4.93. The lowest BCUT2D eigenvalue weighted by Crippen LogP contribution is -1.99. The van der Waals surface area contributed by atoms with Crippen LogP contribution in [0.25, 0.3) is 22.3 Å². The van der Waals surface area contributed by atoms with Crippen molar-refractivity contribution in [1.82, 2.24) is 25.0 Å². The standard InChI is InChI=1S/C16H13N5/c1-2-4-12(5-3-1)10-21-11-15(19-20-21)14-8-13-6-7-17-16(13)18-9-14/h1-9,11H,10H2,(H,17,18). The van der Waals surface area contributed by atoms with Crippen LogP contribution in [0.15, 0.2) is 61.1 Å². The smallest absolute Gasteiger partial charge is 0.137 e. The van der Waals surface area contributed by atoms with Gasteiger partial charge in [-0.2, -0.15) is 0 Å². The molecule has 0 saturated heterocycles.